The summed E-state index contributed by atoms with van der Waals surface area (Å²) in [5.74, 6) is 1.72. The fourth-order valence-electron chi connectivity index (χ4n) is 10.8. The number of hydrogen-bond donors (Lipinski definition) is 0. The first-order valence-electron chi connectivity index (χ1n) is 23.5. The van der Waals surface area contributed by atoms with E-state index in [-0.39, 0.29) is 0 Å². The molecule has 0 spiro atoms. The summed E-state index contributed by atoms with van der Waals surface area (Å²) in [7, 11) is 0. The van der Waals surface area contributed by atoms with Crippen molar-refractivity contribution >= 4 is 87.5 Å². The SMILES string of the molecule is c1ccc(-c2nc(-c3ccccc3)nc(-n3c4ccc(-c5ccc6oc7cccc(-c8ccc9c(c8)c8ccccc8n9-c8ccccc8)c7c6c5)cc4c4c5oc6ccccc6c5ccc43)n2)cc1. The van der Waals surface area contributed by atoms with Gasteiger partial charge in [-0.1, -0.05) is 146 Å². The second-order valence-electron chi connectivity index (χ2n) is 17.9. The molecule has 326 valence electrons. The second kappa shape index (κ2) is 15.0. The lowest BCUT2D eigenvalue weighted by Crippen LogP contribution is -2.06. The quantitative estimate of drug-likeness (QED) is 0.166. The minimum Gasteiger partial charge on any atom is -0.456 e. The monoisotopic (exact) mass is 895 g/mol. The zero-order valence-corrected chi connectivity index (χ0v) is 37.4. The van der Waals surface area contributed by atoms with Gasteiger partial charge in [0.15, 0.2) is 11.6 Å². The minimum absolute atomic E-state index is 0.526. The number of benzene rings is 10. The van der Waals surface area contributed by atoms with Crippen molar-refractivity contribution in [3.8, 4) is 56.7 Å². The molecule has 0 N–H and O–H groups in total. The molecule has 0 atom stereocenters. The molecule has 0 saturated carbocycles. The third kappa shape index (κ3) is 5.79. The summed E-state index contributed by atoms with van der Waals surface area (Å²) in [6.07, 6.45) is 0. The highest BCUT2D eigenvalue weighted by atomic mass is 16.3. The van der Waals surface area contributed by atoms with Crippen LogP contribution < -0.4 is 0 Å². The molecule has 0 unspecified atom stereocenters. The molecule has 7 nitrogen and oxygen atoms in total. The molecule has 0 fully saturated rings. The van der Waals surface area contributed by atoms with Crippen molar-refractivity contribution in [2.45, 2.75) is 0 Å². The van der Waals surface area contributed by atoms with Crippen LogP contribution in [0.25, 0.3) is 144 Å². The molecule has 0 saturated heterocycles. The topological polar surface area (TPSA) is 74.8 Å². The molecule has 0 aliphatic rings. The summed E-state index contributed by atoms with van der Waals surface area (Å²) < 4.78 is 17.9. The first kappa shape index (κ1) is 38.5. The van der Waals surface area contributed by atoms with Crippen LogP contribution in [-0.4, -0.2) is 24.1 Å². The Morgan fingerprint density at radius 2 is 0.871 bits per heavy atom. The first-order chi connectivity index (χ1) is 34.7. The molecule has 0 aliphatic heterocycles. The van der Waals surface area contributed by atoms with Crippen LogP contribution in [0, 0.1) is 0 Å². The fraction of sp³-hybridized carbons (Fsp3) is 0. The summed E-state index contributed by atoms with van der Waals surface area (Å²) in [5.41, 5.74) is 15.0. The zero-order chi connectivity index (χ0) is 45.9. The van der Waals surface area contributed by atoms with Gasteiger partial charge in [-0.15, -0.1) is 0 Å². The van der Waals surface area contributed by atoms with E-state index in [0.29, 0.717) is 17.6 Å². The third-order valence-electron chi connectivity index (χ3n) is 14.0. The van der Waals surface area contributed by atoms with Crippen molar-refractivity contribution in [2.24, 2.45) is 0 Å². The lowest BCUT2D eigenvalue weighted by atomic mass is 9.96. The van der Waals surface area contributed by atoms with Gasteiger partial charge in [-0.05, 0) is 101 Å². The molecular formula is C63H37N5O2. The Balaban J connectivity index is 0.937. The van der Waals surface area contributed by atoms with Gasteiger partial charge in [0, 0.05) is 54.5 Å². The maximum atomic E-state index is 6.80. The molecule has 0 amide bonds. The molecule has 0 radical (unpaired) electrons. The number of furan rings is 2. The van der Waals surface area contributed by atoms with Gasteiger partial charge in [-0.3, -0.25) is 4.57 Å². The molecule has 10 aromatic carbocycles. The Labute approximate surface area is 399 Å². The van der Waals surface area contributed by atoms with Gasteiger partial charge < -0.3 is 13.4 Å². The lowest BCUT2D eigenvalue weighted by Gasteiger charge is -2.11. The zero-order valence-electron chi connectivity index (χ0n) is 37.4. The third-order valence-corrected chi connectivity index (χ3v) is 14.0. The number of hydrogen-bond acceptors (Lipinski definition) is 5. The van der Waals surface area contributed by atoms with Gasteiger partial charge in [-0.2, -0.15) is 9.97 Å². The molecule has 15 aromatic rings. The summed E-state index contributed by atoms with van der Waals surface area (Å²) in [5, 5.41) is 8.72. The summed E-state index contributed by atoms with van der Waals surface area (Å²) >= 11 is 0. The van der Waals surface area contributed by atoms with Crippen LogP contribution in [0.2, 0.25) is 0 Å². The number of nitrogens with zero attached hydrogens (tertiary/aromatic N) is 5. The van der Waals surface area contributed by atoms with Crippen molar-refractivity contribution in [1.29, 1.82) is 0 Å². The summed E-state index contributed by atoms with van der Waals surface area (Å²) in [4.78, 5) is 15.4. The molecule has 5 aromatic heterocycles. The van der Waals surface area contributed by atoms with Gasteiger partial charge in [0.25, 0.3) is 0 Å². The Bertz CT molecular complexity index is 4530. The standard InChI is InChI=1S/C63H37N5O2/c1-4-15-38(16-5-1)61-64-62(39-17-6-2-7-18-39)66-63(65-61)68-53-31-27-40(35-49(53)59-54(68)33-30-47-46-22-11-13-25-55(46)70-60(47)59)41-29-34-56-50(36-41)58-44(23-14-26-57(58)69-56)42-28-32-52-48(37-42)45-21-10-12-24-51(45)67(52)43-19-8-3-9-20-43/h1-37H. The van der Waals surface area contributed by atoms with Crippen molar-refractivity contribution < 1.29 is 8.83 Å². The Morgan fingerprint density at radius 3 is 1.64 bits per heavy atom. The van der Waals surface area contributed by atoms with Crippen molar-refractivity contribution in [2.75, 3.05) is 0 Å². The maximum Gasteiger partial charge on any atom is 0.238 e. The number of para-hydroxylation sites is 3. The van der Waals surface area contributed by atoms with Gasteiger partial charge in [0.05, 0.1) is 27.5 Å². The first-order valence-corrected chi connectivity index (χ1v) is 23.5. The normalized spacial score (nSPS) is 12.0. The second-order valence-corrected chi connectivity index (χ2v) is 17.9. The van der Waals surface area contributed by atoms with Crippen LogP contribution in [0.4, 0.5) is 0 Å². The maximum absolute atomic E-state index is 6.80. The van der Waals surface area contributed by atoms with Gasteiger partial charge in [-0.25, -0.2) is 4.98 Å². The van der Waals surface area contributed by atoms with Crippen LogP contribution in [0.5, 0.6) is 0 Å². The van der Waals surface area contributed by atoms with E-state index in [0.717, 1.165) is 105 Å². The van der Waals surface area contributed by atoms with Gasteiger partial charge in [0.1, 0.15) is 22.3 Å². The molecule has 5 heterocycles. The molecule has 0 aliphatic carbocycles. The fourth-order valence-corrected chi connectivity index (χ4v) is 10.8. The predicted molar refractivity (Wildman–Crippen MR) is 285 cm³/mol. The average molecular weight is 896 g/mol. The molecule has 7 heteroatoms. The van der Waals surface area contributed by atoms with Gasteiger partial charge >= 0.3 is 0 Å². The Morgan fingerprint density at radius 1 is 0.300 bits per heavy atom. The van der Waals surface area contributed by atoms with E-state index >= 15 is 0 Å². The van der Waals surface area contributed by atoms with E-state index in [2.05, 4.69) is 161 Å². The van der Waals surface area contributed by atoms with Crippen molar-refractivity contribution in [3.63, 3.8) is 0 Å². The smallest absolute Gasteiger partial charge is 0.238 e. The summed E-state index contributed by atoms with van der Waals surface area (Å²) in [6.45, 7) is 0. The van der Waals surface area contributed by atoms with E-state index in [1.165, 1.54) is 21.8 Å². The van der Waals surface area contributed by atoms with Crippen LogP contribution in [-0.2, 0) is 0 Å². The highest BCUT2D eigenvalue weighted by molar-refractivity contribution is 6.24. The Kier molecular flexibility index (Phi) is 8.23. The van der Waals surface area contributed by atoms with Gasteiger partial charge in [0.2, 0.25) is 5.95 Å². The van der Waals surface area contributed by atoms with E-state index in [4.69, 9.17) is 23.8 Å². The van der Waals surface area contributed by atoms with Crippen molar-refractivity contribution in [1.82, 2.24) is 24.1 Å². The highest BCUT2D eigenvalue weighted by Crippen LogP contribution is 2.44. The number of aromatic nitrogens is 5. The van der Waals surface area contributed by atoms with E-state index in [1.54, 1.807) is 0 Å². The molecule has 0 bridgehead atoms. The highest BCUT2D eigenvalue weighted by Gasteiger charge is 2.23. The molecule has 15 rings (SSSR count). The summed E-state index contributed by atoms with van der Waals surface area (Å²) in [6, 6.07) is 78.5. The number of fused-ring (bicyclic) bond motifs is 13. The van der Waals surface area contributed by atoms with E-state index in [9.17, 15) is 0 Å². The largest absolute Gasteiger partial charge is 0.456 e. The molecule has 70 heavy (non-hydrogen) atoms. The van der Waals surface area contributed by atoms with Crippen LogP contribution in [0.3, 0.4) is 0 Å². The van der Waals surface area contributed by atoms with Crippen LogP contribution in [0.1, 0.15) is 0 Å². The lowest BCUT2D eigenvalue weighted by molar-refractivity contribution is 0.669. The van der Waals surface area contributed by atoms with Crippen molar-refractivity contribution in [3.05, 3.63) is 224 Å². The number of rotatable bonds is 6. The minimum atomic E-state index is 0.526. The van der Waals surface area contributed by atoms with E-state index in [1.807, 2.05) is 72.8 Å². The van der Waals surface area contributed by atoms with Crippen LogP contribution in [0.15, 0.2) is 233 Å². The van der Waals surface area contributed by atoms with E-state index < -0.39 is 0 Å². The predicted octanol–water partition coefficient (Wildman–Crippen LogP) is 16.5. The Hall–Kier alpha value is -9.59. The average Bonchev–Trinajstić information content (AvgIpc) is 4.18. The molecular weight excluding hydrogens is 859 g/mol. The van der Waals surface area contributed by atoms with Crippen LogP contribution >= 0.6 is 0 Å².